The van der Waals surface area contributed by atoms with Gasteiger partial charge in [0, 0.05) is 26.4 Å². The topological polar surface area (TPSA) is 18.5 Å². The van der Waals surface area contributed by atoms with E-state index in [2.05, 4.69) is 80.3 Å². The van der Waals surface area contributed by atoms with Crippen molar-refractivity contribution in [1.82, 2.24) is 0 Å². The van der Waals surface area contributed by atoms with E-state index in [1.165, 1.54) is 89.9 Å². The molecule has 0 bridgehead atoms. The van der Waals surface area contributed by atoms with Crippen molar-refractivity contribution in [3.63, 3.8) is 0 Å². The second-order valence-corrected chi connectivity index (χ2v) is 6.76. The van der Waals surface area contributed by atoms with Crippen LogP contribution in [0.15, 0.2) is 52.6 Å². The first-order chi connectivity index (χ1) is 15.8. The molecule has 0 radical (unpaired) electrons. The van der Waals surface area contributed by atoms with Gasteiger partial charge in [0.1, 0.15) is 0 Å². The molecule has 0 aromatic carbocycles. The molecule has 0 aromatic rings. The lowest BCUT2D eigenvalue weighted by Gasteiger charge is -2.03. The van der Waals surface area contributed by atoms with Gasteiger partial charge in [-0.15, -0.1) is 52.6 Å². The van der Waals surface area contributed by atoms with Crippen molar-refractivity contribution < 1.29 is 9.47 Å². The van der Waals surface area contributed by atoms with Crippen molar-refractivity contribution >= 4 is 0 Å². The van der Waals surface area contributed by atoms with E-state index in [0.29, 0.717) is 0 Å². The Balaban J connectivity index is -0.0000000338. The predicted molar refractivity (Wildman–Crippen MR) is 181 cm³/mol. The fourth-order valence-corrected chi connectivity index (χ4v) is 2.37. The van der Waals surface area contributed by atoms with Crippen molar-refractivity contribution in [3.8, 4) is 0 Å². The van der Waals surface area contributed by atoms with Gasteiger partial charge in [-0.05, 0) is 25.7 Å². The molecule has 0 saturated heterocycles. The second kappa shape index (κ2) is 103. The van der Waals surface area contributed by atoms with Crippen LogP contribution in [0.3, 0.4) is 0 Å². The van der Waals surface area contributed by atoms with Gasteiger partial charge in [-0.2, -0.15) is 0 Å². The van der Waals surface area contributed by atoms with E-state index in [0.717, 1.165) is 26.4 Å². The Kier molecular flexibility index (Phi) is 185. The molecule has 2 heteroatoms. The first-order valence-electron chi connectivity index (χ1n) is 13.0. The van der Waals surface area contributed by atoms with Crippen LogP contribution in [0.2, 0.25) is 0 Å². The molecule has 2 nitrogen and oxygen atoms in total. The van der Waals surface area contributed by atoms with Crippen molar-refractivity contribution in [2.45, 2.75) is 147 Å². The number of ether oxygens (including phenoxy) is 2. The fraction of sp³-hybridized carbons (Fsp3) is 0.765. The third-order valence-corrected chi connectivity index (χ3v) is 4.07. The summed E-state index contributed by atoms with van der Waals surface area (Å²) < 4.78 is 11.0. The molecule has 0 saturated carbocycles. The Morgan fingerprint density at radius 2 is 0.472 bits per heavy atom. The van der Waals surface area contributed by atoms with Gasteiger partial charge in [-0.3, -0.25) is 0 Å². The van der Waals surface area contributed by atoms with Crippen LogP contribution >= 0.6 is 0 Å². The lowest BCUT2D eigenvalue weighted by atomic mass is 10.2. The Bertz CT molecular complexity index is 205. The SMILES string of the molecule is C.C.C.C.C=C.C=C.C=C.C=C.CCCCCCCOCCCCC.CCCCCOCCCCC. The van der Waals surface area contributed by atoms with Gasteiger partial charge >= 0.3 is 0 Å². The Hall–Kier alpha value is -1.12. The summed E-state index contributed by atoms with van der Waals surface area (Å²) in [5.74, 6) is 0. The van der Waals surface area contributed by atoms with Crippen LogP contribution in [0.5, 0.6) is 0 Å². The average Bonchev–Trinajstić information content (AvgIpc) is 2.88. The molecule has 0 aliphatic heterocycles. The van der Waals surface area contributed by atoms with Crippen molar-refractivity contribution in [3.05, 3.63) is 52.6 Å². The van der Waals surface area contributed by atoms with Gasteiger partial charge in [-0.25, -0.2) is 0 Å². The Labute approximate surface area is 235 Å². The molecule has 0 rings (SSSR count). The van der Waals surface area contributed by atoms with Crippen LogP contribution < -0.4 is 0 Å². The molecule has 36 heavy (non-hydrogen) atoms. The van der Waals surface area contributed by atoms with E-state index in [9.17, 15) is 0 Å². The normalized spacial score (nSPS) is 7.44. The first-order valence-corrected chi connectivity index (χ1v) is 13.0. The summed E-state index contributed by atoms with van der Waals surface area (Å²) in [6.45, 7) is 36.8. The highest BCUT2D eigenvalue weighted by Crippen LogP contribution is 2.03. The summed E-state index contributed by atoms with van der Waals surface area (Å²) in [7, 11) is 0. The number of hydrogen-bond acceptors (Lipinski definition) is 2. The van der Waals surface area contributed by atoms with E-state index in [1.807, 2.05) is 0 Å². The molecule has 0 spiro atoms. The Morgan fingerprint density at radius 1 is 0.306 bits per heavy atom. The smallest absolute Gasteiger partial charge is 0.0466 e. The predicted octanol–water partition coefficient (Wildman–Crippen LogP) is 13.3. The third kappa shape index (κ3) is 117. The standard InChI is InChI=1S/C12H26O.C10H22O.4C2H4.4CH4/c1-3-5-7-8-10-12-13-11-9-6-4-2;1-3-5-7-9-11-10-8-6-4-2;4*1-2;;;;/h3-12H2,1-2H3;3-10H2,1-2H3;4*1-2H2;4*1H4. The second-order valence-electron chi connectivity index (χ2n) is 6.76. The minimum atomic E-state index is 0. The molecule has 0 fully saturated rings. The van der Waals surface area contributed by atoms with E-state index in [4.69, 9.17) is 9.47 Å². The van der Waals surface area contributed by atoms with E-state index < -0.39 is 0 Å². The van der Waals surface area contributed by atoms with Crippen LogP contribution in [0.4, 0.5) is 0 Å². The summed E-state index contributed by atoms with van der Waals surface area (Å²) in [6.07, 6.45) is 18.2. The summed E-state index contributed by atoms with van der Waals surface area (Å²) in [6, 6.07) is 0. The van der Waals surface area contributed by atoms with Gasteiger partial charge in [0.25, 0.3) is 0 Å². The minimum absolute atomic E-state index is 0. The highest BCUT2D eigenvalue weighted by Gasteiger charge is 1.90. The molecular weight excluding hydrogens is 440 g/mol. The van der Waals surface area contributed by atoms with Crippen LogP contribution in [-0.2, 0) is 9.47 Å². The van der Waals surface area contributed by atoms with Crippen molar-refractivity contribution in [2.24, 2.45) is 0 Å². The van der Waals surface area contributed by atoms with Gasteiger partial charge in [0.2, 0.25) is 0 Å². The van der Waals surface area contributed by atoms with Gasteiger partial charge in [0.15, 0.2) is 0 Å². The molecular formula is C34H80O2. The monoisotopic (exact) mass is 521 g/mol. The van der Waals surface area contributed by atoms with Gasteiger partial charge in [0.05, 0.1) is 0 Å². The maximum Gasteiger partial charge on any atom is 0.0466 e. The van der Waals surface area contributed by atoms with Crippen LogP contribution in [-0.4, -0.2) is 26.4 Å². The number of unbranched alkanes of at least 4 members (excludes halogenated alkanes) is 10. The quantitative estimate of drug-likeness (QED) is 0.132. The number of hydrogen-bond donors (Lipinski definition) is 0. The molecule has 0 aliphatic rings. The lowest BCUT2D eigenvalue weighted by Crippen LogP contribution is -1.96. The van der Waals surface area contributed by atoms with Gasteiger partial charge in [-0.1, -0.05) is 122 Å². The zero-order chi connectivity index (χ0) is 26.1. The van der Waals surface area contributed by atoms with Gasteiger partial charge < -0.3 is 9.47 Å². The lowest BCUT2D eigenvalue weighted by molar-refractivity contribution is 0.126. The molecule has 0 unspecified atom stereocenters. The maximum atomic E-state index is 5.52. The maximum absolute atomic E-state index is 5.52. The molecule has 0 amide bonds. The summed E-state index contributed by atoms with van der Waals surface area (Å²) in [5, 5.41) is 0. The van der Waals surface area contributed by atoms with Crippen LogP contribution in [0.1, 0.15) is 147 Å². The first kappa shape index (κ1) is 64.7. The summed E-state index contributed by atoms with van der Waals surface area (Å²) >= 11 is 0. The zero-order valence-corrected chi connectivity index (χ0v) is 23.2. The van der Waals surface area contributed by atoms with E-state index in [-0.39, 0.29) is 29.7 Å². The van der Waals surface area contributed by atoms with Crippen LogP contribution in [0, 0.1) is 0 Å². The third-order valence-electron chi connectivity index (χ3n) is 4.07. The average molecular weight is 521 g/mol. The van der Waals surface area contributed by atoms with Crippen LogP contribution in [0.25, 0.3) is 0 Å². The fourth-order valence-electron chi connectivity index (χ4n) is 2.37. The minimum Gasteiger partial charge on any atom is -0.381 e. The zero-order valence-electron chi connectivity index (χ0n) is 23.2. The summed E-state index contributed by atoms with van der Waals surface area (Å²) in [5.41, 5.74) is 0. The molecule has 228 valence electrons. The van der Waals surface area contributed by atoms with E-state index in [1.54, 1.807) is 0 Å². The molecule has 0 heterocycles. The highest BCUT2D eigenvalue weighted by atomic mass is 16.5. The molecule has 0 aromatic heterocycles. The molecule has 0 atom stereocenters. The number of rotatable bonds is 18. The molecule has 0 aliphatic carbocycles. The van der Waals surface area contributed by atoms with Crippen molar-refractivity contribution in [2.75, 3.05) is 26.4 Å². The van der Waals surface area contributed by atoms with Crippen molar-refractivity contribution in [1.29, 1.82) is 0 Å². The Morgan fingerprint density at radius 3 is 0.694 bits per heavy atom. The summed E-state index contributed by atoms with van der Waals surface area (Å²) in [4.78, 5) is 0. The largest absolute Gasteiger partial charge is 0.381 e. The molecule has 0 N–H and O–H groups in total. The highest BCUT2D eigenvalue weighted by molar-refractivity contribution is 4.42. The van der Waals surface area contributed by atoms with E-state index >= 15 is 0 Å².